The maximum absolute atomic E-state index is 5.76. The third kappa shape index (κ3) is 3.66. The van der Waals surface area contributed by atoms with Crippen molar-refractivity contribution in [2.75, 3.05) is 27.3 Å². The summed E-state index contributed by atoms with van der Waals surface area (Å²) >= 11 is 0. The van der Waals surface area contributed by atoms with Crippen LogP contribution in [-0.4, -0.2) is 38.3 Å². The number of hydrogen-bond donors (Lipinski definition) is 0. The number of hydrogen-bond acceptors (Lipinski definition) is 3. The van der Waals surface area contributed by atoms with E-state index in [-0.39, 0.29) is 0 Å². The fourth-order valence-electron chi connectivity index (χ4n) is 6.24. The van der Waals surface area contributed by atoms with Crippen LogP contribution in [0.5, 0.6) is 11.5 Å². The maximum atomic E-state index is 5.76. The lowest BCUT2D eigenvalue weighted by Gasteiger charge is -2.40. The molecule has 3 atom stereocenters. The Labute approximate surface area is 175 Å². The van der Waals surface area contributed by atoms with E-state index < -0.39 is 0 Å². The Balaban J connectivity index is 1.33. The second-order valence-electron chi connectivity index (χ2n) is 9.24. The van der Waals surface area contributed by atoms with Gasteiger partial charge in [0.25, 0.3) is 0 Å². The van der Waals surface area contributed by atoms with Crippen LogP contribution < -0.4 is 9.47 Å². The summed E-state index contributed by atoms with van der Waals surface area (Å²) < 4.78 is 11.2. The van der Waals surface area contributed by atoms with Gasteiger partial charge >= 0.3 is 0 Å². The molecule has 29 heavy (non-hydrogen) atoms. The second kappa shape index (κ2) is 8.02. The molecule has 1 heterocycles. The van der Waals surface area contributed by atoms with E-state index in [9.17, 15) is 0 Å². The first kappa shape index (κ1) is 19.0. The van der Waals surface area contributed by atoms with E-state index in [2.05, 4.69) is 41.3 Å². The highest BCUT2D eigenvalue weighted by atomic mass is 16.5. The topological polar surface area (TPSA) is 21.7 Å². The van der Waals surface area contributed by atoms with Crippen molar-refractivity contribution >= 4 is 0 Å². The van der Waals surface area contributed by atoms with Crippen molar-refractivity contribution in [3.05, 3.63) is 48.0 Å². The molecule has 0 radical (unpaired) electrons. The number of rotatable bonds is 5. The number of methoxy groups -OCH3 is 2. The number of fused-ring (bicyclic) bond motifs is 2. The Morgan fingerprint density at radius 2 is 1.66 bits per heavy atom. The minimum Gasteiger partial charge on any atom is -0.497 e. The molecule has 154 valence electrons. The summed E-state index contributed by atoms with van der Waals surface area (Å²) in [4.78, 5) is 2.82. The van der Waals surface area contributed by atoms with Crippen molar-refractivity contribution < 1.29 is 9.47 Å². The van der Waals surface area contributed by atoms with Gasteiger partial charge < -0.3 is 14.4 Å². The highest BCUT2D eigenvalue weighted by Gasteiger charge is 2.43. The van der Waals surface area contributed by atoms with Crippen molar-refractivity contribution in [2.45, 2.75) is 50.5 Å². The van der Waals surface area contributed by atoms with Gasteiger partial charge in [-0.05, 0) is 104 Å². The Kier molecular flexibility index (Phi) is 5.26. The van der Waals surface area contributed by atoms with E-state index in [4.69, 9.17) is 9.47 Å². The predicted molar refractivity (Wildman–Crippen MR) is 118 cm³/mol. The number of piperidine rings is 1. The minimum absolute atomic E-state index is 0.588. The monoisotopic (exact) mass is 391 g/mol. The molecule has 2 saturated carbocycles. The first-order chi connectivity index (χ1) is 14.2. The van der Waals surface area contributed by atoms with Crippen molar-refractivity contribution in [1.29, 1.82) is 0 Å². The molecule has 1 saturated heterocycles. The van der Waals surface area contributed by atoms with Crippen LogP contribution >= 0.6 is 0 Å². The smallest absolute Gasteiger partial charge is 0.122 e. The average molecular weight is 392 g/mol. The number of ether oxygens (including phenoxy) is 2. The summed E-state index contributed by atoms with van der Waals surface area (Å²) in [6, 6.07) is 15.9. The molecule has 0 amide bonds. The van der Waals surface area contributed by atoms with Crippen LogP contribution in [-0.2, 0) is 0 Å². The Morgan fingerprint density at radius 3 is 2.34 bits per heavy atom. The molecule has 2 bridgehead atoms. The second-order valence-corrected chi connectivity index (χ2v) is 9.24. The maximum Gasteiger partial charge on any atom is 0.122 e. The predicted octanol–water partition coefficient (Wildman–Crippen LogP) is 5.74. The summed E-state index contributed by atoms with van der Waals surface area (Å²) in [7, 11) is 3.52. The van der Waals surface area contributed by atoms with Gasteiger partial charge in [0.05, 0.1) is 14.2 Å². The van der Waals surface area contributed by atoms with Gasteiger partial charge in [0.2, 0.25) is 0 Å². The van der Waals surface area contributed by atoms with Gasteiger partial charge in [0.15, 0.2) is 0 Å². The van der Waals surface area contributed by atoms with Crippen molar-refractivity contribution in [3.8, 4) is 22.6 Å². The van der Waals surface area contributed by atoms with Gasteiger partial charge in [-0.25, -0.2) is 0 Å². The molecular weight excluding hydrogens is 358 g/mol. The zero-order valence-electron chi connectivity index (χ0n) is 17.8. The normalized spacial score (nSPS) is 27.3. The van der Waals surface area contributed by atoms with E-state index >= 15 is 0 Å². The van der Waals surface area contributed by atoms with Crippen LogP contribution in [0, 0.1) is 11.8 Å². The third-order valence-electron chi connectivity index (χ3n) is 7.77. The molecule has 3 heteroatoms. The summed E-state index contributed by atoms with van der Waals surface area (Å²) in [5, 5.41) is 0. The van der Waals surface area contributed by atoms with Crippen molar-refractivity contribution in [1.82, 2.24) is 4.90 Å². The number of benzene rings is 2. The van der Waals surface area contributed by atoms with Crippen LogP contribution in [0.25, 0.3) is 11.1 Å². The van der Waals surface area contributed by atoms with Crippen LogP contribution in [0.3, 0.4) is 0 Å². The zero-order chi connectivity index (χ0) is 19.8. The molecule has 3 aliphatic rings. The molecule has 5 rings (SSSR count). The molecular formula is C26H33NO2. The van der Waals surface area contributed by atoms with Gasteiger partial charge in [0.1, 0.15) is 11.5 Å². The average Bonchev–Trinajstić information content (AvgIpc) is 3.43. The highest BCUT2D eigenvalue weighted by molar-refractivity contribution is 5.67. The lowest BCUT2D eigenvalue weighted by Crippen LogP contribution is -2.43. The molecule has 3 fully saturated rings. The van der Waals surface area contributed by atoms with Gasteiger partial charge in [-0.3, -0.25) is 0 Å². The molecule has 1 aliphatic heterocycles. The van der Waals surface area contributed by atoms with Crippen LogP contribution in [0.2, 0.25) is 0 Å². The van der Waals surface area contributed by atoms with Gasteiger partial charge in [-0.15, -0.1) is 0 Å². The molecule has 2 aromatic rings. The SMILES string of the molecule is COc1cccc(-c2ccc(OC)c(C3CCN([C@@H]4C[C@H]5CCC4C5)CC3)c2)c1. The Hall–Kier alpha value is -2.00. The van der Waals surface area contributed by atoms with Gasteiger partial charge in [-0.1, -0.05) is 24.6 Å². The van der Waals surface area contributed by atoms with E-state index in [0.717, 1.165) is 29.4 Å². The third-order valence-corrected chi connectivity index (χ3v) is 7.77. The van der Waals surface area contributed by atoms with E-state index in [1.807, 2.05) is 6.07 Å². The summed E-state index contributed by atoms with van der Waals surface area (Å²) in [5.74, 6) is 4.55. The first-order valence-corrected chi connectivity index (χ1v) is 11.3. The summed E-state index contributed by atoms with van der Waals surface area (Å²) in [6.45, 7) is 2.48. The summed E-state index contributed by atoms with van der Waals surface area (Å²) in [6.07, 6.45) is 8.42. The van der Waals surface area contributed by atoms with Crippen LogP contribution in [0.4, 0.5) is 0 Å². The standard InChI is InChI=1S/C26H33NO2/c1-28-23-5-3-4-20(16-23)21-8-9-26(29-2)24(17-21)19-10-12-27(13-11-19)25-15-18-6-7-22(25)14-18/h3-5,8-9,16-19,22,25H,6-7,10-15H2,1-2H3/t18-,22?,25+/m0/s1. The number of likely N-dealkylation sites (tertiary alicyclic amines) is 1. The van der Waals surface area contributed by atoms with Crippen molar-refractivity contribution in [2.24, 2.45) is 11.8 Å². The van der Waals surface area contributed by atoms with E-state index in [1.165, 1.54) is 68.3 Å². The summed E-state index contributed by atoms with van der Waals surface area (Å²) in [5.41, 5.74) is 3.82. The van der Waals surface area contributed by atoms with E-state index in [0.29, 0.717) is 5.92 Å². The fraction of sp³-hybridized carbons (Fsp3) is 0.538. The van der Waals surface area contributed by atoms with Gasteiger partial charge in [-0.2, -0.15) is 0 Å². The van der Waals surface area contributed by atoms with Crippen molar-refractivity contribution in [3.63, 3.8) is 0 Å². The fourth-order valence-corrected chi connectivity index (χ4v) is 6.24. The van der Waals surface area contributed by atoms with Gasteiger partial charge in [0, 0.05) is 6.04 Å². The molecule has 0 aromatic heterocycles. The van der Waals surface area contributed by atoms with Crippen LogP contribution in [0.1, 0.15) is 50.0 Å². The minimum atomic E-state index is 0.588. The van der Waals surface area contributed by atoms with E-state index in [1.54, 1.807) is 14.2 Å². The molecule has 3 nitrogen and oxygen atoms in total. The lowest BCUT2D eigenvalue weighted by molar-refractivity contribution is 0.110. The molecule has 0 N–H and O–H groups in total. The van der Waals surface area contributed by atoms with Crippen LogP contribution in [0.15, 0.2) is 42.5 Å². The largest absolute Gasteiger partial charge is 0.497 e. The highest BCUT2D eigenvalue weighted by Crippen LogP contribution is 2.48. The molecule has 2 aliphatic carbocycles. The Bertz CT molecular complexity index is 856. The lowest BCUT2D eigenvalue weighted by atomic mass is 9.85. The molecule has 2 aromatic carbocycles. The molecule has 0 spiro atoms. The Morgan fingerprint density at radius 1 is 0.828 bits per heavy atom. The quantitative estimate of drug-likeness (QED) is 0.649. The first-order valence-electron chi connectivity index (χ1n) is 11.3. The molecule has 1 unspecified atom stereocenters. The zero-order valence-corrected chi connectivity index (χ0v) is 17.8. The number of nitrogens with zero attached hydrogens (tertiary/aromatic N) is 1.